The molecule has 14 heteroatoms. The number of amides is 1. The zero-order valence-corrected chi connectivity index (χ0v) is 27.7. The summed E-state index contributed by atoms with van der Waals surface area (Å²) in [5, 5.41) is 7.73. The number of carboxylic acid groups (broad SMARTS) is 1. The number of likely N-dealkylation sites (tertiary alicyclic amines) is 1. The molecule has 51 heavy (non-hydrogen) atoms. The van der Waals surface area contributed by atoms with E-state index in [0.717, 1.165) is 32.5 Å². The molecule has 2 aliphatic rings. The average Bonchev–Trinajstić information content (AvgIpc) is 3.41. The number of hydrogen-bond donors (Lipinski definition) is 1. The molecule has 1 fully saturated rings. The first-order valence-corrected chi connectivity index (χ1v) is 16.3. The van der Waals surface area contributed by atoms with E-state index >= 15 is 0 Å². The van der Waals surface area contributed by atoms with Gasteiger partial charge in [0, 0.05) is 29.2 Å². The lowest BCUT2D eigenvalue weighted by molar-refractivity contribution is -0.192. The largest absolute Gasteiger partial charge is 0.490 e. The van der Waals surface area contributed by atoms with Crippen LogP contribution in [0.4, 0.5) is 22.0 Å². The fraction of sp³-hybridized carbons (Fsp3) is 0.270. The van der Waals surface area contributed by atoms with Crippen LogP contribution in [0.2, 0.25) is 5.02 Å². The maximum absolute atomic E-state index is 14.5. The number of nitrogens with zero attached hydrogens (tertiary/aromatic N) is 4. The van der Waals surface area contributed by atoms with E-state index in [0.29, 0.717) is 46.2 Å². The Morgan fingerprint density at radius 2 is 1.53 bits per heavy atom. The Labute approximate surface area is 295 Å². The number of piperidine rings is 1. The summed E-state index contributed by atoms with van der Waals surface area (Å²) < 4.78 is 60.2. The molecule has 3 heterocycles. The summed E-state index contributed by atoms with van der Waals surface area (Å²) in [6, 6.07) is 23.9. The second-order valence-corrected chi connectivity index (χ2v) is 12.4. The zero-order chi connectivity index (χ0) is 36.8. The van der Waals surface area contributed by atoms with Gasteiger partial charge in [-0.15, -0.1) is 0 Å². The molecule has 6 rings (SSSR count). The number of aromatic nitrogens is 1. The Hall–Kier alpha value is -5.01. The Balaban J connectivity index is 0.000000654. The number of amidine groups is 1. The van der Waals surface area contributed by atoms with Gasteiger partial charge in [0.1, 0.15) is 17.3 Å². The first-order valence-electron chi connectivity index (χ1n) is 16.0. The van der Waals surface area contributed by atoms with Crippen molar-refractivity contribution >= 4 is 35.1 Å². The van der Waals surface area contributed by atoms with Crippen LogP contribution in [0.3, 0.4) is 0 Å². The molecule has 0 saturated carbocycles. The highest BCUT2D eigenvalue weighted by atomic mass is 35.5. The normalized spacial score (nSPS) is 18.2. The molecule has 1 amide bonds. The average molecular weight is 727 g/mol. The Kier molecular flexibility index (Phi) is 11.6. The minimum atomic E-state index is -5.08. The molecule has 0 aliphatic carbocycles. The number of pyridine rings is 1. The van der Waals surface area contributed by atoms with Gasteiger partial charge in [-0.1, -0.05) is 41.9 Å². The third kappa shape index (κ3) is 8.66. The second-order valence-electron chi connectivity index (χ2n) is 12.0. The summed E-state index contributed by atoms with van der Waals surface area (Å²) in [5.41, 5.74) is 0.408. The van der Waals surface area contributed by atoms with Crippen LogP contribution in [0.25, 0.3) is 0 Å². The summed E-state index contributed by atoms with van der Waals surface area (Å²) >= 11 is 5.98. The number of carbonyl (C=O) groups excluding carboxylic acids is 2. The lowest BCUT2D eigenvalue weighted by Gasteiger charge is -2.32. The van der Waals surface area contributed by atoms with Crippen LogP contribution >= 0.6 is 11.6 Å². The molecule has 1 saturated heterocycles. The molecule has 1 aromatic heterocycles. The standard InChI is InChI=1S/C35H31ClF2N4O2.C2HF3O2/c36-28-12-8-24(9-13-28)32(43)25-16-21-41(22-17-25)19-4-20-42-33(31-7-1-2-18-39-31)40-35(34(42)44,26-10-14-29(37)15-11-26)27-5-3-6-30(38)23-27;3-2(4,5)1(6)7/h1-3,5-15,18,23,25H,4,16-17,19-22H2;(H,6,7). The first kappa shape index (κ1) is 37.3. The number of alkyl halides is 3. The predicted molar refractivity (Wildman–Crippen MR) is 179 cm³/mol. The molecule has 0 bridgehead atoms. The molecular weight excluding hydrogens is 695 g/mol. The van der Waals surface area contributed by atoms with Crippen molar-refractivity contribution in [3.05, 3.63) is 136 Å². The number of Topliss-reactive ketones (excluding diaryl/α,β-unsaturated/α-hetero) is 1. The Morgan fingerprint density at radius 1 is 0.863 bits per heavy atom. The van der Waals surface area contributed by atoms with Crippen molar-refractivity contribution in [2.45, 2.75) is 31.0 Å². The Morgan fingerprint density at radius 3 is 2.12 bits per heavy atom. The SMILES string of the molecule is O=C(O)C(F)(F)F.O=C(c1ccc(Cl)cc1)C1CCN(CCCN2C(=O)C(c3ccc(F)cc3)(c3cccc(F)c3)N=C2c2ccccn2)CC1. The monoisotopic (exact) mass is 726 g/mol. The van der Waals surface area contributed by atoms with E-state index in [2.05, 4.69) is 9.88 Å². The molecule has 3 aromatic carbocycles. The van der Waals surface area contributed by atoms with Crippen molar-refractivity contribution in [2.24, 2.45) is 10.9 Å². The molecular formula is C37H32ClF5N4O4. The van der Waals surface area contributed by atoms with Crippen molar-refractivity contribution in [2.75, 3.05) is 26.2 Å². The van der Waals surface area contributed by atoms with Gasteiger partial charge in [-0.2, -0.15) is 13.2 Å². The van der Waals surface area contributed by atoms with E-state index in [1.807, 2.05) is 6.07 Å². The highest BCUT2D eigenvalue weighted by Gasteiger charge is 2.51. The van der Waals surface area contributed by atoms with Crippen molar-refractivity contribution in [1.29, 1.82) is 0 Å². The summed E-state index contributed by atoms with van der Waals surface area (Å²) in [6.45, 7) is 2.64. The minimum Gasteiger partial charge on any atom is -0.475 e. The van der Waals surface area contributed by atoms with Crippen LogP contribution in [-0.4, -0.2) is 75.7 Å². The molecule has 8 nitrogen and oxygen atoms in total. The zero-order valence-electron chi connectivity index (χ0n) is 27.0. The van der Waals surface area contributed by atoms with Crippen LogP contribution in [0, 0.1) is 17.6 Å². The maximum Gasteiger partial charge on any atom is 0.490 e. The van der Waals surface area contributed by atoms with Crippen molar-refractivity contribution in [3.63, 3.8) is 0 Å². The van der Waals surface area contributed by atoms with Gasteiger partial charge in [-0.25, -0.2) is 18.6 Å². The molecule has 0 spiro atoms. The summed E-state index contributed by atoms with van der Waals surface area (Å²) in [5.74, 6) is -3.54. The van der Waals surface area contributed by atoms with E-state index < -0.39 is 29.3 Å². The van der Waals surface area contributed by atoms with Crippen molar-refractivity contribution < 1.29 is 41.4 Å². The predicted octanol–water partition coefficient (Wildman–Crippen LogP) is 7.16. The first-order chi connectivity index (χ1) is 24.3. The van der Waals surface area contributed by atoms with Crippen LogP contribution in [0.5, 0.6) is 0 Å². The number of hydrogen-bond acceptors (Lipinski definition) is 6. The second kappa shape index (κ2) is 15.9. The highest BCUT2D eigenvalue weighted by molar-refractivity contribution is 6.30. The topological polar surface area (TPSA) is 103 Å². The van der Waals surface area contributed by atoms with Gasteiger partial charge in [-0.3, -0.25) is 19.5 Å². The molecule has 1 atom stereocenters. The summed E-state index contributed by atoms with van der Waals surface area (Å²) in [7, 11) is 0. The van der Waals surface area contributed by atoms with E-state index in [-0.39, 0.29) is 17.6 Å². The lowest BCUT2D eigenvalue weighted by atomic mass is 9.82. The van der Waals surface area contributed by atoms with E-state index in [9.17, 15) is 31.5 Å². The van der Waals surface area contributed by atoms with Crippen LogP contribution in [0.1, 0.15) is 46.4 Å². The third-order valence-electron chi connectivity index (χ3n) is 8.67. The van der Waals surface area contributed by atoms with Crippen molar-refractivity contribution in [1.82, 2.24) is 14.8 Å². The number of carbonyl (C=O) groups is 3. The van der Waals surface area contributed by atoms with Crippen molar-refractivity contribution in [3.8, 4) is 0 Å². The molecule has 1 N–H and O–H groups in total. The number of rotatable bonds is 9. The highest BCUT2D eigenvalue weighted by Crippen LogP contribution is 2.41. The van der Waals surface area contributed by atoms with E-state index in [4.69, 9.17) is 26.5 Å². The van der Waals surface area contributed by atoms with Gasteiger partial charge < -0.3 is 10.0 Å². The quantitative estimate of drug-likeness (QED) is 0.145. The number of aliphatic imine (C=N–C) groups is 1. The van der Waals surface area contributed by atoms with E-state index in [1.165, 1.54) is 36.4 Å². The van der Waals surface area contributed by atoms with Crippen LogP contribution in [0.15, 0.2) is 102 Å². The van der Waals surface area contributed by atoms with Crippen LogP contribution < -0.4 is 0 Å². The molecule has 0 radical (unpaired) electrons. The molecule has 1 unspecified atom stereocenters. The molecule has 2 aliphatic heterocycles. The fourth-order valence-corrected chi connectivity index (χ4v) is 6.25. The number of aliphatic carboxylic acids is 1. The van der Waals surface area contributed by atoms with Gasteiger partial charge in [0.05, 0.1) is 0 Å². The summed E-state index contributed by atoms with van der Waals surface area (Å²) in [4.78, 5) is 49.7. The smallest absolute Gasteiger partial charge is 0.475 e. The van der Waals surface area contributed by atoms with E-state index in [1.54, 1.807) is 59.6 Å². The maximum atomic E-state index is 14.5. The number of ketones is 1. The van der Waals surface area contributed by atoms with Gasteiger partial charge in [0.15, 0.2) is 17.2 Å². The van der Waals surface area contributed by atoms with Gasteiger partial charge in [0.25, 0.3) is 5.91 Å². The molecule has 266 valence electrons. The van der Waals surface area contributed by atoms with Crippen LogP contribution in [-0.2, 0) is 15.1 Å². The lowest BCUT2D eigenvalue weighted by Crippen LogP contribution is -2.43. The van der Waals surface area contributed by atoms with Gasteiger partial charge >= 0.3 is 12.1 Å². The summed E-state index contributed by atoms with van der Waals surface area (Å²) in [6.07, 6.45) is -1.28. The number of carboxylic acids is 1. The number of benzene rings is 3. The Bertz CT molecular complexity index is 1880. The number of halogens is 6. The van der Waals surface area contributed by atoms with Gasteiger partial charge in [0.2, 0.25) is 0 Å². The fourth-order valence-electron chi connectivity index (χ4n) is 6.12. The molecule has 4 aromatic rings. The van der Waals surface area contributed by atoms with Gasteiger partial charge in [-0.05, 0) is 111 Å². The minimum absolute atomic E-state index is 0.0296. The third-order valence-corrected chi connectivity index (χ3v) is 8.92.